The van der Waals surface area contributed by atoms with Gasteiger partial charge in [0.1, 0.15) is 5.82 Å². The monoisotopic (exact) mass is 543 g/mol. The molecule has 6 aromatic rings. The van der Waals surface area contributed by atoms with Crippen LogP contribution in [0.3, 0.4) is 0 Å². The van der Waals surface area contributed by atoms with Crippen molar-refractivity contribution in [3.05, 3.63) is 150 Å². The number of hydrogen-bond donors (Lipinski definition) is 0. The molecule has 0 aromatic heterocycles. The lowest BCUT2D eigenvalue weighted by Crippen LogP contribution is -2.13. The predicted molar refractivity (Wildman–Crippen MR) is 157 cm³/mol. The van der Waals surface area contributed by atoms with E-state index in [2.05, 4.69) is 52.3 Å². The van der Waals surface area contributed by atoms with Gasteiger partial charge in [-0.1, -0.05) is 107 Å². The molecule has 0 aliphatic carbocycles. The van der Waals surface area contributed by atoms with E-state index in [-0.39, 0.29) is 5.82 Å². The second kappa shape index (κ2) is 10.0. The second-order valence-corrected chi connectivity index (χ2v) is 9.85. The lowest BCUT2D eigenvalue weighted by atomic mass is 9.95. The van der Waals surface area contributed by atoms with E-state index in [1.165, 1.54) is 0 Å². The zero-order chi connectivity index (χ0) is 25.2. The molecule has 0 radical (unpaired) electrons. The summed E-state index contributed by atoms with van der Waals surface area (Å²) >= 11 is 3.56. The molecule has 0 aliphatic rings. The van der Waals surface area contributed by atoms with Crippen LogP contribution in [0.15, 0.2) is 144 Å². The van der Waals surface area contributed by atoms with Crippen LogP contribution in [-0.4, -0.2) is 0 Å². The van der Waals surface area contributed by atoms with Crippen molar-refractivity contribution in [3.8, 4) is 22.3 Å². The summed E-state index contributed by atoms with van der Waals surface area (Å²) in [6.07, 6.45) is 0. The van der Waals surface area contributed by atoms with Gasteiger partial charge in [-0.3, -0.25) is 0 Å². The van der Waals surface area contributed by atoms with Gasteiger partial charge in [-0.25, -0.2) is 4.39 Å². The first-order chi connectivity index (χ1) is 18.2. The van der Waals surface area contributed by atoms with Crippen LogP contribution in [0.5, 0.6) is 0 Å². The molecule has 178 valence electrons. The molecular formula is C34H23BrFN. The standard InChI is InChI=1S/C34H23BrFN/c35-29-18-16-27-21-31(19-17-26(27)20-29)37(30-14-8-3-9-15-30)34-32(25-12-6-2-7-13-25)22-28(23-33(34)36)24-10-4-1-5-11-24/h1-23H. The van der Waals surface area contributed by atoms with Gasteiger partial charge in [0.2, 0.25) is 0 Å². The fraction of sp³-hybridized carbons (Fsp3) is 0. The second-order valence-electron chi connectivity index (χ2n) is 8.93. The van der Waals surface area contributed by atoms with Crippen LogP contribution in [0.1, 0.15) is 0 Å². The first-order valence-electron chi connectivity index (χ1n) is 12.2. The number of para-hydroxylation sites is 1. The van der Waals surface area contributed by atoms with Gasteiger partial charge >= 0.3 is 0 Å². The SMILES string of the molecule is Fc1cc(-c2ccccc2)cc(-c2ccccc2)c1N(c1ccccc1)c1ccc2cc(Br)ccc2c1. The summed E-state index contributed by atoms with van der Waals surface area (Å²) in [5, 5.41) is 2.21. The zero-order valence-corrected chi connectivity index (χ0v) is 21.6. The highest BCUT2D eigenvalue weighted by molar-refractivity contribution is 9.10. The van der Waals surface area contributed by atoms with E-state index < -0.39 is 0 Å². The number of rotatable bonds is 5. The van der Waals surface area contributed by atoms with E-state index in [0.29, 0.717) is 5.69 Å². The molecule has 0 spiro atoms. The van der Waals surface area contributed by atoms with Gasteiger partial charge < -0.3 is 4.90 Å². The molecule has 1 nitrogen and oxygen atoms in total. The molecule has 0 unspecified atom stereocenters. The Morgan fingerprint density at radius 2 is 1.08 bits per heavy atom. The zero-order valence-electron chi connectivity index (χ0n) is 20.0. The Hall–Kier alpha value is -4.21. The average molecular weight is 544 g/mol. The molecule has 0 amide bonds. The molecule has 0 atom stereocenters. The lowest BCUT2D eigenvalue weighted by Gasteiger charge is -2.29. The molecule has 6 rings (SSSR count). The van der Waals surface area contributed by atoms with Crippen molar-refractivity contribution in [3.63, 3.8) is 0 Å². The molecular weight excluding hydrogens is 521 g/mol. The van der Waals surface area contributed by atoms with Gasteiger partial charge in [0.15, 0.2) is 0 Å². The van der Waals surface area contributed by atoms with Gasteiger partial charge in [-0.05, 0) is 76.0 Å². The third-order valence-corrected chi connectivity index (χ3v) is 7.03. The fourth-order valence-electron chi connectivity index (χ4n) is 4.79. The molecule has 37 heavy (non-hydrogen) atoms. The largest absolute Gasteiger partial charge is 0.307 e. The molecule has 0 fully saturated rings. The minimum absolute atomic E-state index is 0.278. The van der Waals surface area contributed by atoms with Crippen molar-refractivity contribution < 1.29 is 4.39 Å². The summed E-state index contributed by atoms with van der Waals surface area (Å²) in [5.41, 5.74) is 5.92. The number of fused-ring (bicyclic) bond motifs is 1. The summed E-state index contributed by atoms with van der Waals surface area (Å²) < 4.78 is 17.5. The van der Waals surface area contributed by atoms with Crippen molar-refractivity contribution in [2.45, 2.75) is 0 Å². The van der Waals surface area contributed by atoms with E-state index in [4.69, 9.17) is 0 Å². The molecule has 0 saturated carbocycles. The van der Waals surface area contributed by atoms with Gasteiger partial charge in [-0.15, -0.1) is 0 Å². The maximum Gasteiger partial charge on any atom is 0.148 e. The summed E-state index contributed by atoms with van der Waals surface area (Å²) in [6, 6.07) is 46.2. The third kappa shape index (κ3) is 4.66. The first-order valence-corrected chi connectivity index (χ1v) is 13.0. The minimum atomic E-state index is -0.278. The van der Waals surface area contributed by atoms with Crippen LogP contribution in [0.2, 0.25) is 0 Å². The Balaban J connectivity index is 1.63. The Morgan fingerprint density at radius 3 is 1.78 bits per heavy atom. The van der Waals surface area contributed by atoms with E-state index in [1.807, 2.05) is 102 Å². The van der Waals surface area contributed by atoms with Gasteiger partial charge in [-0.2, -0.15) is 0 Å². The van der Waals surface area contributed by atoms with Crippen LogP contribution in [-0.2, 0) is 0 Å². The Labute approximate surface area is 224 Å². The van der Waals surface area contributed by atoms with Crippen molar-refractivity contribution in [2.24, 2.45) is 0 Å². The fourth-order valence-corrected chi connectivity index (χ4v) is 5.17. The van der Waals surface area contributed by atoms with Crippen molar-refractivity contribution in [1.82, 2.24) is 0 Å². The smallest absolute Gasteiger partial charge is 0.148 e. The van der Waals surface area contributed by atoms with Crippen LogP contribution in [0.4, 0.5) is 21.5 Å². The number of anilines is 3. The maximum atomic E-state index is 16.4. The highest BCUT2D eigenvalue weighted by Crippen LogP contribution is 2.44. The summed E-state index contributed by atoms with van der Waals surface area (Å²) in [5.74, 6) is -0.278. The normalized spacial score (nSPS) is 11.0. The van der Waals surface area contributed by atoms with Crippen LogP contribution >= 0.6 is 15.9 Å². The first kappa shape index (κ1) is 23.2. The quantitative estimate of drug-likeness (QED) is 0.209. The molecule has 0 saturated heterocycles. The molecule has 0 N–H and O–H groups in total. The van der Waals surface area contributed by atoms with Gasteiger partial charge in [0.25, 0.3) is 0 Å². The van der Waals surface area contributed by atoms with E-state index >= 15 is 4.39 Å². The van der Waals surface area contributed by atoms with Gasteiger partial charge in [0.05, 0.1) is 5.69 Å². The number of hydrogen-bond acceptors (Lipinski definition) is 1. The van der Waals surface area contributed by atoms with E-state index in [0.717, 1.165) is 48.9 Å². The summed E-state index contributed by atoms with van der Waals surface area (Å²) in [6.45, 7) is 0. The molecule has 0 heterocycles. The maximum absolute atomic E-state index is 16.4. The Kier molecular flexibility index (Phi) is 6.30. The van der Waals surface area contributed by atoms with Gasteiger partial charge in [0, 0.05) is 21.4 Å². The van der Waals surface area contributed by atoms with Crippen molar-refractivity contribution in [2.75, 3.05) is 4.90 Å². The Morgan fingerprint density at radius 1 is 0.486 bits per heavy atom. The average Bonchev–Trinajstić information content (AvgIpc) is 2.95. The number of nitrogens with zero attached hydrogens (tertiary/aromatic N) is 1. The highest BCUT2D eigenvalue weighted by Gasteiger charge is 2.23. The minimum Gasteiger partial charge on any atom is -0.307 e. The predicted octanol–water partition coefficient (Wildman–Crippen LogP) is 10.5. The molecule has 0 aliphatic heterocycles. The molecule has 0 bridgehead atoms. The van der Waals surface area contributed by atoms with Crippen molar-refractivity contribution in [1.29, 1.82) is 0 Å². The number of halogens is 2. The topological polar surface area (TPSA) is 3.24 Å². The van der Waals surface area contributed by atoms with Crippen LogP contribution < -0.4 is 4.90 Å². The highest BCUT2D eigenvalue weighted by atomic mass is 79.9. The summed E-state index contributed by atoms with van der Waals surface area (Å²) in [7, 11) is 0. The van der Waals surface area contributed by atoms with Crippen LogP contribution in [0, 0.1) is 5.82 Å². The summed E-state index contributed by atoms with van der Waals surface area (Å²) in [4.78, 5) is 2.02. The Bertz CT molecular complexity index is 1680. The third-order valence-electron chi connectivity index (χ3n) is 6.54. The number of benzene rings is 6. The van der Waals surface area contributed by atoms with E-state index in [9.17, 15) is 0 Å². The lowest BCUT2D eigenvalue weighted by molar-refractivity contribution is 0.630. The van der Waals surface area contributed by atoms with E-state index in [1.54, 1.807) is 6.07 Å². The van der Waals surface area contributed by atoms with Crippen molar-refractivity contribution >= 4 is 43.8 Å². The molecule has 3 heteroatoms. The van der Waals surface area contributed by atoms with Crippen LogP contribution in [0.25, 0.3) is 33.0 Å². The molecule has 6 aromatic carbocycles.